The van der Waals surface area contributed by atoms with Crippen molar-refractivity contribution < 1.29 is 43.8 Å². The largest absolute Gasteiger partial charge is 0.459 e. The molecule has 1 aliphatic heterocycles. The zero-order valence-corrected chi connectivity index (χ0v) is 37.7. The molecule has 3 aromatic carbocycles. The molecule has 13 nitrogen and oxygen atoms in total. The Balaban J connectivity index is 1.40. The number of nitro benzene ring substituents is 1. The zero-order chi connectivity index (χ0) is 45.8. The number of ether oxygens (including phenoxy) is 3. The molecule has 4 aliphatic rings. The van der Waals surface area contributed by atoms with Crippen molar-refractivity contribution >= 4 is 23.6 Å². The highest BCUT2D eigenvalue weighted by Gasteiger charge is 2.65. The van der Waals surface area contributed by atoms with Gasteiger partial charge in [0.1, 0.15) is 36.2 Å². The Kier molecular flexibility index (Phi) is 16.6. The minimum Gasteiger partial charge on any atom is -0.459 e. The van der Waals surface area contributed by atoms with Gasteiger partial charge in [-0.15, -0.1) is 6.58 Å². The van der Waals surface area contributed by atoms with Gasteiger partial charge in [-0.25, -0.2) is 0 Å². The number of benzene rings is 3. The lowest BCUT2D eigenvalue weighted by Gasteiger charge is -2.60. The van der Waals surface area contributed by atoms with Gasteiger partial charge in [-0.2, -0.15) is 0 Å². The van der Waals surface area contributed by atoms with Crippen LogP contribution in [0.15, 0.2) is 96.2 Å². The highest BCUT2D eigenvalue weighted by atomic mass is 16.7. The highest BCUT2D eigenvalue weighted by Crippen LogP contribution is 2.62. The molecule has 65 heavy (non-hydrogen) atoms. The standard InChI is InChI=1S/C52H65N3O10/c1-3-26-54(49(59)25-20-36-12-5-6-13-36)48-33-46(53-63-35-37-18-21-40(22-19-37)55(60)61)44-31-39(15-7-9-27-56)43(17-8-10-28-57)50-45-32-42(64-41-16-11-14-38(30-41)34-58)23-24-47(45)65-52(48,51(44)50)62-29-4-2/h4,11,14,16,18-19,21-24,30-32,34,36,39,43,48,50-51,56-57H,2-3,5-10,12-13,15,17,20,25-29,33,35H2,1H3. The zero-order valence-electron chi connectivity index (χ0n) is 37.7. The lowest BCUT2D eigenvalue weighted by Crippen LogP contribution is -2.70. The number of carbonyl (C=O) groups is 2. The van der Waals surface area contributed by atoms with Gasteiger partial charge in [0.25, 0.3) is 5.69 Å². The topological polar surface area (TPSA) is 170 Å². The normalized spacial score (nSPS) is 24.0. The number of hydrogen-bond acceptors (Lipinski definition) is 11. The van der Waals surface area contributed by atoms with Crippen molar-refractivity contribution in [2.75, 3.05) is 26.4 Å². The van der Waals surface area contributed by atoms with Gasteiger partial charge in [0.15, 0.2) is 0 Å². The molecule has 2 saturated carbocycles. The SMILES string of the molecule is C=CCOC12Oc3ccc(Oc4cccc(C=O)c4)cc3C3C(CCCCO)C(CCCCO)C=C(C(=NOCc4ccc([N+](=O)[O-])cc4)CC1N(CCC)C(=O)CCC1CCCC1)C32. The molecule has 0 spiro atoms. The van der Waals surface area contributed by atoms with Crippen molar-refractivity contribution in [2.45, 2.75) is 121 Å². The Bertz CT molecular complexity index is 2170. The van der Waals surface area contributed by atoms with Crippen molar-refractivity contribution in [1.29, 1.82) is 0 Å². The van der Waals surface area contributed by atoms with Crippen LogP contribution in [0.3, 0.4) is 0 Å². The summed E-state index contributed by atoms with van der Waals surface area (Å²) in [5.41, 5.74) is 3.71. The Labute approximate surface area is 382 Å². The fourth-order valence-electron chi connectivity index (χ4n) is 10.9. The van der Waals surface area contributed by atoms with Crippen molar-refractivity contribution in [3.63, 3.8) is 0 Å². The first-order valence-electron chi connectivity index (χ1n) is 23.7. The molecule has 348 valence electrons. The smallest absolute Gasteiger partial charge is 0.269 e. The van der Waals surface area contributed by atoms with Crippen LogP contribution in [0.1, 0.15) is 124 Å². The van der Waals surface area contributed by atoms with Crippen LogP contribution in [0, 0.1) is 33.8 Å². The number of aliphatic hydroxyl groups is 2. The summed E-state index contributed by atoms with van der Waals surface area (Å²) in [5, 5.41) is 36.3. The van der Waals surface area contributed by atoms with Gasteiger partial charge in [-0.1, -0.05) is 74.9 Å². The summed E-state index contributed by atoms with van der Waals surface area (Å²) >= 11 is 0. The van der Waals surface area contributed by atoms with E-state index in [-0.39, 0.29) is 62.2 Å². The molecule has 3 aliphatic carbocycles. The van der Waals surface area contributed by atoms with E-state index in [2.05, 4.69) is 19.6 Å². The van der Waals surface area contributed by atoms with E-state index in [4.69, 9.17) is 24.2 Å². The molecule has 0 saturated heterocycles. The van der Waals surface area contributed by atoms with E-state index in [1.165, 1.54) is 25.0 Å². The average Bonchev–Trinajstić information content (AvgIpc) is 3.85. The number of unbranched alkanes of at least 4 members (excludes halogenated alkanes) is 2. The molecule has 0 aromatic heterocycles. The fraction of sp³-hybridized carbons (Fsp3) is 0.519. The quantitative estimate of drug-likeness (QED) is 0.0290. The number of aliphatic hydroxyl groups excluding tert-OH is 2. The molecule has 2 fully saturated rings. The first kappa shape index (κ1) is 47.6. The second-order valence-corrected chi connectivity index (χ2v) is 18.0. The molecule has 1 amide bonds. The number of nitrogens with zero attached hydrogens (tertiary/aromatic N) is 3. The Morgan fingerprint density at radius 2 is 1.75 bits per heavy atom. The molecule has 1 heterocycles. The van der Waals surface area contributed by atoms with E-state index in [0.29, 0.717) is 72.2 Å². The monoisotopic (exact) mass is 891 g/mol. The number of allylic oxidation sites excluding steroid dienone is 1. The van der Waals surface area contributed by atoms with Gasteiger partial charge in [0.2, 0.25) is 11.7 Å². The summed E-state index contributed by atoms with van der Waals surface area (Å²) in [6, 6.07) is 18.4. The number of carbonyl (C=O) groups excluding carboxylic acids is 2. The van der Waals surface area contributed by atoms with Gasteiger partial charge >= 0.3 is 0 Å². The molecule has 6 atom stereocenters. The summed E-state index contributed by atoms with van der Waals surface area (Å²) < 4.78 is 21.0. The molecular weight excluding hydrogens is 827 g/mol. The van der Waals surface area contributed by atoms with Gasteiger partial charge in [0.05, 0.1) is 23.2 Å². The minimum atomic E-state index is -1.38. The summed E-state index contributed by atoms with van der Waals surface area (Å²) in [5.74, 6) is 0.239. The number of oxime groups is 1. The number of rotatable bonds is 24. The second kappa shape index (κ2) is 22.7. The van der Waals surface area contributed by atoms with E-state index >= 15 is 0 Å². The summed E-state index contributed by atoms with van der Waals surface area (Å²) in [7, 11) is 0. The molecule has 3 aromatic rings. The second-order valence-electron chi connectivity index (χ2n) is 18.0. The Morgan fingerprint density at radius 1 is 1.00 bits per heavy atom. The number of amides is 1. The van der Waals surface area contributed by atoms with Crippen molar-refractivity contribution in [1.82, 2.24) is 4.90 Å². The van der Waals surface area contributed by atoms with E-state index < -0.39 is 22.7 Å². The van der Waals surface area contributed by atoms with Crippen molar-refractivity contribution in [2.24, 2.45) is 28.8 Å². The number of non-ortho nitro benzene ring substituents is 1. The van der Waals surface area contributed by atoms with Gasteiger partial charge < -0.3 is 34.2 Å². The van der Waals surface area contributed by atoms with Crippen LogP contribution in [0.4, 0.5) is 5.69 Å². The number of aldehydes is 1. The van der Waals surface area contributed by atoms with Crippen LogP contribution >= 0.6 is 0 Å². The average molecular weight is 892 g/mol. The van der Waals surface area contributed by atoms with Crippen molar-refractivity contribution in [3.8, 4) is 17.2 Å². The first-order valence-corrected chi connectivity index (χ1v) is 23.7. The van der Waals surface area contributed by atoms with Crippen LogP contribution in [-0.4, -0.2) is 76.1 Å². The van der Waals surface area contributed by atoms with Crippen molar-refractivity contribution in [3.05, 3.63) is 118 Å². The Morgan fingerprint density at radius 3 is 2.46 bits per heavy atom. The van der Waals surface area contributed by atoms with E-state index in [9.17, 15) is 29.9 Å². The molecule has 7 rings (SSSR count). The van der Waals surface area contributed by atoms with E-state index in [1.54, 1.807) is 36.4 Å². The summed E-state index contributed by atoms with van der Waals surface area (Å²) in [4.78, 5) is 45.7. The van der Waals surface area contributed by atoms with Gasteiger partial charge in [-0.3, -0.25) is 19.7 Å². The van der Waals surface area contributed by atoms with E-state index in [0.717, 1.165) is 62.4 Å². The lowest BCUT2D eigenvalue weighted by atomic mass is 9.55. The fourth-order valence-corrected chi connectivity index (χ4v) is 10.9. The predicted octanol–water partition coefficient (Wildman–Crippen LogP) is 10.2. The molecule has 6 unspecified atom stereocenters. The third-order valence-corrected chi connectivity index (χ3v) is 13.8. The number of hydrogen-bond donors (Lipinski definition) is 2. The number of fused-ring (bicyclic) bond motifs is 2. The first-order chi connectivity index (χ1) is 31.7. The van der Waals surface area contributed by atoms with Gasteiger partial charge in [0, 0.05) is 61.8 Å². The van der Waals surface area contributed by atoms with Crippen LogP contribution in [0.25, 0.3) is 0 Å². The number of nitro groups is 1. The lowest BCUT2D eigenvalue weighted by molar-refractivity contribution is -0.384. The van der Waals surface area contributed by atoms with Crippen LogP contribution in [0.2, 0.25) is 0 Å². The molecule has 0 radical (unpaired) electrons. The summed E-state index contributed by atoms with van der Waals surface area (Å²) in [6.07, 6.45) is 16.2. The third-order valence-electron chi connectivity index (χ3n) is 13.8. The maximum atomic E-state index is 14.8. The summed E-state index contributed by atoms with van der Waals surface area (Å²) in [6.45, 7) is 6.99. The highest BCUT2D eigenvalue weighted by molar-refractivity contribution is 6.03. The maximum absolute atomic E-state index is 14.8. The molecule has 0 bridgehead atoms. The molecular formula is C52H65N3O10. The van der Waals surface area contributed by atoms with Gasteiger partial charge in [-0.05, 0) is 110 Å². The van der Waals surface area contributed by atoms with Crippen LogP contribution < -0.4 is 9.47 Å². The third kappa shape index (κ3) is 11.0. The van der Waals surface area contributed by atoms with Crippen LogP contribution in [-0.2, 0) is 21.0 Å². The molecule has 13 heteroatoms. The minimum absolute atomic E-state index is 0.0144. The van der Waals surface area contributed by atoms with E-state index in [1.807, 2.05) is 29.2 Å². The van der Waals surface area contributed by atoms with Crippen LogP contribution in [0.5, 0.6) is 17.2 Å². The molecule has 2 N–H and O–H groups in total. The maximum Gasteiger partial charge on any atom is 0.269 e. The predicted molar refractivity (Wildman–Crippen MR) is 248 cm³/mol. The Hall–Kier alpha value is -5.37.